The highest BCUT2D eigenvalue weighted by atomic mass is 32.1. The second kappa shape index (κ2) is 5.47. The molecular formula is C13H19N3S. The molecule has 2 aromatic rings. The van der Waals surface area contributed by atoms with E-state index in [-0.39, 0.29) is 6.04 Å². The molecule has 92 valence electrons. The Bertz CT molecular complexity index is 472. The summed E-state index contributed by atoms with van der Waals surface area (Å²) in [5.41, 5.74) is 8.43. The minimum absolute atomic E-state index is 0.165. The fourth-order valence-corrected chi connectivity index (χ4v) is 2.53. The Labute approximate surface area is 106 Å². The van der Waals surface area contributed by atoms with Crippen LogP contribution in [0.25, 0.3) is 0 Å². The van der Waals surface area contributed by atoms with Gasteiger partial charge in [-0.25, -0.2) is 4.98 Å². The number of aryl methyl sites for hydroxylation is 1. The van der Waals surface area contributed by atoms with Gasteiger partial charge in [-0.05, 0) is 25.0 Å². The van der Waals surface area contributed by atoms with Gasteiger partial charge in [-0.2, -0.15) is 0 Å². The summed E-state index contributed by atoms with van der Waals surface area (Å²) in [5, 5.41) is 3.23. The van der Waals surface area contributed by atoms with E-state index in [0.717, 1.165) is 30.1 Å². The maximum atomic E-state index is 6.09. The summed E-state index contributed by atoms with van der Waals surface area (Å²) < 4.78 is 2.15. The van der Waals surface area contributed by atoms with Crippen molar-refractivity contribution in [2.45, 2.75) is 39.3 Å². The van der Waals surface area contributed by atoms with Crippen LogP contribution in [0.3, 0.4) is 0 Å². The molecule has 1 atom stereocenters. The summed E-state index contributed by atoms with van der Waals surface area (Å²) in [6.45, 7) is 5.03. The van der Waals surface area contributed by atoms with Crippen LogP contribution >= 0.6 is 11.3 Å². The lowest BCUT2D eigenvalue weighted by molar-refractivity contribution is 0.635. The first-order valence-electron chi connectivity index (χ1n) is 6.01. The smallest absolute Gasteiger partial charge is 0.0898 e. The number of aromatic nitrogens is 2. The average molecular weight is 249 g/mol. The molecule has 0 bridgehead atoms. The predicted molar refractivity (Wildman–Crippen MR) is 72.2 cm³/mol. The maximum Gasteiger partial charge on any atom is 0.0898 e. The quantitative estimate of drug-likeness (QED) is 0.885. The molecule has 17 heavy (non-hydrogen) atoms. The highest BCUT2D eigenvalue weighted by Gasteiger charge is 2.07. The molecular weight excluding hydrogens is 230 g/mol. The van der Waals surface area contributed by atoms with E-state index in [1.807, 2.05) is 6.92 Å². The first-order valence-corrected chi connectivity index (χ1v) is 6.89. The van der Waals surface area contributed by atoms with Gasteiger partial charge in [0.15, 0.2) is 0 Å². The number of thiazole rings is 1. The van der Waals surface area contributed by atoms with Gasteiger partial charge in [0.05, 0.1) is 17.2 Å². The van der Waals surface area contributed by atoms with Crippen LogP contribution in [0.4, 0.5) is 0 Å². The monoisotopic (exact) mass is 249 g/mol. The molecule has 1 unspecified atom stereocenters. The Balaban J connectivity index is 2.03. The van der Waals surface area contributed by atoms with E-state index in [0.29, 0.717) is 0 Å². The topological polar surface area (TPSA) is 43.8 Å². The zero-order valence-corrected chi connectivity index (χ0v) is 11.2. The molecule has 0 aliphatic heterocycles. The van der Waals surface area contributed by atoms with Gasteiger partial charge in [0.1, 0.15) is 0 Å². The van der Waals surface area contributed by atoms with Gasteiger partial charge in [0.2, 0.25) is 0 Å². The Kier molecular flexibility index (Phi) is 3.97. The summed E-state index contributed by atoms with van der Waals surface area (Å²) in [6, 6.07) is 2.28. The molecule has 0 fully saturated rings. The van der Waals surface area contributed by atoms with Crippen LogP contribution in [-0.4, -0.2) is 9.55 Å². The van der Waals surface area contributed by atoms with E-state index < -0.39 is 0 Å². The van der Waals surface area contributed by atoms with Crippen LogP contribution in [0.5, 0.6) is 0 Å². The Morgan fingerprint density at radius 3 is 3.00 bits per heavy atom. The van der Waals surface area contributed by atoms with Crippen molar-refractivity contribution in [3.05, 3.63) is 40.1 Å². The molecule has 2 rings (SSSR count). The number of nitrogens with two attached hydrogens (primary N) is 1. The lowest BCUT2D eigenvalue weighted by Crippen LogP contribution is -2.08. The van der Waals surface area contributed by atoms with Crippen LogP contribution in [0.2, 0.25) is 0 Å². The van der Waals surface area contributed by atoms with E-state index in [9.17, 15) is 0 Å². The number of hydrogen-bond donors (Lipinski definition) is 1. The van der Waals surface area contributed by atoms with Gasteiger partial charge in [-0.3, -0.25) is 0 Å². The summed E-state index contributed by atoms with van der Waals surface area (Å²) in [6.07, 6.45) is 6.38. The van der Waals surface area contributed by atoms with Crippen molar-refractivity contribution in [3.8, 4) is 0 Å². The predicted octanol–water partition coefficient (Wildman–Crippen LogP) is 3.10. The lowest BCUT2D eigenvalue weighted by Gasteiger charge is -2.07. The van der Waals surface area contributed by atoms with E-state index in [4.69, 9.17) is 5.73 Å². The molecule has 2 aromatic heterocycles. The second-order valence-electron chi connectivity index (χ2n) is 4.37. The summed E-state index contributed by atoms with van der Waals surface area (Å²) in [4.78, 5) is 4.46. The molecule has 0 aliphatic carbocycles. The number of rotatable bonds is 5. The second-order valence-corrected chi connectivity index (χ2v) is 5.43. The zero-order valence-electron chi connectivity index (χ0n) is 10.4. The van der Waals surface area contributed by atoms with Gasteiger partial charge in [0, 0.05) is 23.8 Å². The van der Waals surface area contributed by atoms with Crippen molar-refractivity contribution < 1.29 is 0 Å². The summed E-state index contributed by atoms with van der Waals surface area (Å²) in [5.74, 6) is 0. The van der Waals surface area contributed by atoms with Crippen molar-refractivity contribution in [2.75, 3.05) is 0 Å². The third-order valence-corrected chi connectivity index (χ3v) is 3.63. The van der Waals surface area contributed by atoms with Crippen LogP contribution in [0, 0.1) is 6.92 Å². The molecule has 0 aliphatic rings. The van der Waals surface area contributed by atoms with Crippen molar-refractivity contribution in [1.82, 2.24) is 9.55 Å². The fraction of sp³-hybridized carbons (Fsp3) is 0.462. The third-order valence-electron chi connectivity index (χ3n) is 2.81. The van der Waals surface area contributed by atoms with E-state index in [1.54, 1.807) is 11.3 Å². The summed E-state index contributed by atoms with van der Waals surface area (Å²) >= 11 is 1.70. The minimum Gasteiger partial charge on any atom is -0.348 e. The van der Waals surface area contributed by atoms with Crippen LogP contribution < -0.4 is 5.73 Å². The molecule has 0 radical (unpaired) electrons. The highest BCUT2D eigenvalue weighted by Crippen LogP contribution is 2.17. The molecule has 0 saturated heterocycles. The minimum atomic E-state index is 0.165. The van der Waals surface area contributed by atoms with Crippen LogP contribution in [0.1, 0.15) is 42.1 Å². The highest BCUT2D eigenvalue weighted by molar-refractivity contribution is 7.09. The molecule has 4 heteroatoms. The van der Waals surface area contributed by atoms with Gasteiger partial charge in [0.25, 0.3) is 0 Å². The fourth-order valence-electron chi connectivity index (χ4n) is 1.92. The van der Waals surface area contributed by atoms with Crippen molar-refractivity contribution in [1.29, 1.82) is 0 Å². The first-order chi connectivity index (χ1) is 8.19. The number of hydrogen-bond acceptors (Lipinski definition) is 3. The average Bonchev–Trinajstić information content (AvgIpc) is 2.89. The summed E-state index contributed by atoms with van der Waals surface area (Å²) in [7, 11) is 0. The largest absolute Gasteiger partial charge is 0.348 e. The Morgan fingerprint density at radius 1 is 1.53 bits per heavy atom. The normalized spacial score (nSPS) is 12.9. The molecule has 2 heterocycles. The molecule has 0 amide bonds. The molecule has 3 nitrogen and oxygen atoms in total. The molecule has 2 N–H and O–H groups in total. The molecule has 0 aromatic carbocycles. The molecule has 0 saturated carbocycles. The van der Waals surface area contributed by atoms with Crippen molar-refractivity contribution >= 4 is 11.3 Å². The van der Waals surface area contributed by atoms with Gasteiger partial charge >= 0.3 is 0 Å². The van der Waals surface area contributed by atoms with Gasteiger partial charge in [-0.15, -0.1) is 11.3 Å². The lowest BCUT2D eigenvalue weighted by atomic mass is 10.1. The maximum absolute atomic E-state index is 6.09. The molecule has 0 spiro atoms. The standard InChI is InChI=1S/C13H19N3S/c1-3-4-13(14)11-5-6-16(7-11)8-12-9-17-10(2)15-12/h5-7,9,13H,3-4,8,14H2,1-2H3. The van der Waals surface area contributed by atoms with E-state index in [2.05, 4.69) is 40.3 Å². The third kappa shape index (κ3) is 3.17. The van der Waals surface area contributed by atoms with E-state index >= 15 is 0 Å². The number of nitrogens with zero attached hydrogens (tertiary/aromatic N) is 2. The Morgan fingerprint density at radius 2 is 2.35 bits per heavy atom. The van der Waals surface area contributed by atoms with E-state index in [1.165, 1.54) is 5.56 Å². The first kappa shape index (κ1) is 12.3. The van der Waals surface area contributed by atoms with Crippen molar-refractivity contribution in [2.24, 2.45) is 5.73 Å². The van der Waals surface area contributed by atoms with Crippen LogP contribution in [-0.2, 0) is 6.54 Å². The van der Waals surface area contributed by atoms with Crippen molar-refractivity contribution in [3.63, 3.8) is 0 Å². The zero-order chi connectivity index (χ0) is 12.3. The van der Waals surface area contributed by atoms with Gasteiger partial charge < -0.3 is 10.3 Å². The Hall–Kier alpha value is -1.13. The SMILES string of the molecule is CCCC(N)c1ccn(Cc2csc(C)n2)c1. The van der Waals surface area contributed by atoms with Gasteiger partial charge in [-0.1, -0.05) is 13.3 Å². The van der Waals surface area contributed by atoms with Crippen LogP contribution in [0.15, 0.2) is 23.8 Å².